The molecule has 1 aliphatic rings. The minimum absolute atomic E-state index is 0.525. The molecule has 0 amide bonds. The quantitative estimate of drug-likeness (QED) is 0.490. The summed E-state index contributed by atoms with van der Waals surface area (Å²) >= 11 is 0. The third-order valence-electron chi connectivity index (χ3n) is 1.67. The first-order valence-corrected chi connectivity index (χ1v) is 2.86. The second kappa shape index (κ2) is 1.84. The van der Waals surface area contributed by atoms with Crippen LogP contribution in [-0.2, 0) is 0 Å². The van der Waals surface area contributed by atoms with E-state index in [1.54, 1.807) is 0 Å². The van der Waals surface area contributed by atoms with E-state index in [1.165, 1.54) is 0 Å². The fourth-order valence-corrected chi connectivity index (χ4v) is 1.11. The zero-order valence-electron chi connectivity index (χ0n) is 5.15. The van der Waals surface area contributed by atoms with Crippen LogP contribution < -0.4 is 0 Å². The molecule has 0 unspecified atom stereocenters. The Labute approximate surface area is 53.8 Å². The fourth-order valence-electron chi connectivity index (χ4n) is 1.11. The molecule has 1 nitrogen and oxygen atoms in total. The van der Waals surface area contributed by atoms with E-state index >= 15 is 0 Å². The van der Waals surface area contributed by atoms with Crippen LogP contribution in [0.1, 0.15) is 12.8 Å². The molecule has 0 spiro atoms. The number of alkyl halides is 1. The largest absolute Gasteiger partial charge is 0.249 e. The molecule has 1 fully saturated rings. The first-order chi connectivity index (χ1) is 4.22. The molecule has 0 aromatic carbocycles. The molecule has 1 saturated carbocycles. The summed E-state index contributed by atoms with van der Waals surface area (Å²) in [6, 6.07) is 1.96. The number of hydrogen-bond acceptors (Lipinski definition) is 1. The summed E-state index contributed by atoms with van der Waals surface area (Å²) in [5.41, 5.74) is 0.311. The predicted molar refractivity (Wildman–Crippen MR) is 32.4 cm³/mol. The van der Waals surface area contributed by atoms with Crippen molar-refractivity contribution in [3.8, 4) is 6.07 Å². The summed E-state index contributed by atoms with van der Waals surface area (Å²) in [5, 5.41) is 8.42. The summed E-state index contributed by atoms with van der Waals surface area (Å²) in [7, 11) is 0. The standard InChI is InChI=1S/C7H8FN/c1-6-2-7(3-6,4-8)5-9/h1-4H2. The molecule has 1 aliphatic carbocycles. The third-order valence-corrected chi connectivity index (χ3v) is 1.67. The maximum Gasteiger partial charge on any atom is 0.109 e. The van der Waals surface area contributed by atoms with Gasteiger partial charge in [0.25, 0.3) is 0 Å². The summed E-state index contributed by atoms with van der Waals surface area (Å²) in [4.78, 5) is 0. The molecule has 0 heterocycles. The van der Waals surface area contributed by atoms with Crippen molar-refractivity contribution >= 4 is 0 Å². The highest BCUT2D eigenvalue weighted by Gasteiger charge is 2.39. The van der Waals surface area contributed by atoms with Crippen LogP contribution in [0.15, 0.2) is 12.2 Å². The highest BCUT2D eigenvalue weighted by Crippen LogP contribution is 2.43. The maximum absolute atomic E-state index is 12.0. The van der Waals surface area contributed by atoms with Crippen molar-refractivity contribution in [3.63, 3.8) is 0 Å². The lowest BCUT2D eigenvalue weighted by molar-refractivity contribution is 0.220. The number of nitriles is 1. The highest BCUT2D eigenvalue weighted by molar-refractivity contribution is 5.23. The van der Waals surface area contributed by atoms with Crippen molar-refractivity contribution in [2.45, 2.75) is 12.8 Å². The Morgan fingerprint density at radius 2 is 2.33 bits per heavy atom. The minimum Gasteiger partial charge on any atom is -0.249 e. The lowest BCUT2D eigenvalue weighted by atomic mass is 9.68. The molecule has 0 radical (unpaired) electrons. The molecule has 0 aromatic heterocycles. The van der Waals surface area contributed by atoms with Gasteiger partial charge < -0.3 is 0 Å². The van der Waals surface area contributed by atoms with Crippen LogP contribution in [0.4, 0.5) is 4.39 Å². The Morgan fingerprint density at radius 3 is 2.44 bits per heavy atom. The molecule has 0 atom stereocenters. The van der Waals surface area contributed by atoms with Gasteiger partial charge in [0.05, 0.1) is 11.5 Å². The van der Waals surface area contributed by atoms with E-state index in [9.17, 15) is 4.39 Å². The minimum atomic E-state index is -0.683. The predicted octanol–water partition coefficient (Wildman–Crippen LogP) is 1.82. The molecule has 0 aromatic rings. The van der Waals surface area contributed by atoms with Crippen molar-refractivity contribution in [1.82, 2.24) is 0 Å². The Balaban J connectivity index is 2.58. The lowest BCUT2D eigenvalue weighted by Crippen LogP contribution is -2.31. The summed E-state index contributed by atoms with van der Waals surface area (Å²) < 4.78 is 12.0. The Bertz CT molecular complexity index is 170. The molecular weight excluding hydrogens is 117 g/mol. The van der Waals surface area contributed by atoms with E-state index in [1.807, 2.05) is 6.07 Å². The number of hydrogen-bond donors (Lipinski definition) is 0. The molecule has 0 bridgehead atoms. The molecule has 0 aliphatic heterocycles. The number of nitrogens with zero attached hydrogens (tertiary/aromatic N) is 1. The Kier molecular flexibility index (Phi) is 1.28. The normalized spacial score (nSPS) is 22.4. The zero-order valence-corrected chi connectivity index (χ0v) is 5.15. The van der Waals surface area contributed by atoms with Crippen LogP contribution in [0.2, 0.25) is 0 Å². The van der Waals surface area contributed by atoms with Gasteiger partial charge in [0.1, 0.15) is 6.67 Å². The van der Waals surface area contributed by atoms with Crippen molar-refractivity contribution in [2.24, 2.45) is 5.41 Å². The lowest BCUT2D eigenvalue weighted by Gasteiger charge is -2.34. The smallest absolute Gasteiger partial charge is 0.109 e. The summed E-state index contributed by atoms with van der Waals surface area (Å²) in [5.74, 6) is 0. The third kappa shape index (κ3) is 0.829. The Hall–Kier alpha value is -0.840. The van der Waals surface area contributed by atoms with Gasteiger partial charge in [-0.1, -0.05) is 12.2 Å². The van der Waals surface area contributed by atoms with Crippen LogP contribution in [-0.4, -0.2) is 6.67 Å². The van der Waals surface area contributed by atoms with E-state index in [0.717, 1.165) is 5.57 Å². The van der Waals surface area contributed by atoms with Crippen molar-refractivity contribution in [3.05, 3.63) is 12.2 Å². The van der Waals surface area contributed by atoms with Gasteiger partial charge in [-0.05, 0) is 12.8 Å². The van der Waals surface area contributed by atoms with E-state index in [0.29, 0.717) is 12.8 Å². The molecule has 1 rings (SSSR count). The Morgan fingerprint density at radius 1 is 1.78 bits per heavy atom. The van der Waals surface area contributed by atoms with Crippen LogP contribution in [0.5, 0.6) is 0 Å². The molecule has 0 saturated heterocycles. The first-order valence-electron chi connectivity index (χ1n) is 2.86. The van der Waals surface area contributed by atoms with Gasteiger partial charge in [-0.2, -0.15) is 5.26 Å². The summed E-state index contributed by atoms with van der Waals surface area (Å²) in [6.45, 7) is 3.11. The van der Waals surface area contributed by atoms with E-state index in [4.69, 9.17) is 5.26 Å². The van der Waals surface area contributed by atoms with E-state index < -0.39 is 12.1 Å². The topological polar surface area (TPSA) is 23.8 Å². The zero-order chi connectivity index (χ0) is 6.91. The summed E-state index contributed by atoms with van der Waals surface area (Å²) in [6.07, 6.45) is 1.11. The molecular formula is C7H8FN. The maximum atomic E-state index is 12.0. The van der Waals surface area contributed by atoms with Gasteiger partial charge in [-0.25, -0.2) is 4.39 Å². The molecule has 2 heteroatoms. The SMILES string of the molecule is C=C1CC(C#N)(CF)C1. The fraction of sp³-hybridized carbons (Fsp3) is 0.571. The molecule has 48 valence electrons. The van der Waals surface area contributed by atoms with Crippen LogP contribution in [0, 0.1) is 16.7 Å². The first kappa shape index (κ1) is 6.28. The second-order valence-corrected chi connectivity index (χ2v) is 2.63. The van der Waals surface area contributed by atoms with Gasteiger partial charge in [0.15, 0.2) is 0 Å². The van der Waals surface area contributed by atoms with Gasteiger partial charge in [-0.3, -0.25) is 0 Å². The van der Waals surface area contributed by atoms with E-state index in [2.05, 4.69) is 6.58 Å². The van der Waals surface area contributed by atoms with Crippen LogP contribution in [0.3, 0.4) is 0 Å². The van der Waals surface area contributed by atoms with Crippen LogP contribution in [0.25, 0.3) is 0 Å². The number of halogens is 1. The van der Waals surface area contributed by atoms with Gasteiger partial charge in [0.2, 0.25) is 0 Å². The number of allylic oxidation sites excluding steroid dienone is 1. The molecule has 9 heavy (non-hydrogen) atoms. The van der Waals surface area contributed by atoms with Gasteiger partial charge in [0, 0.05) is 0 Å². The van der Waals surface area contributed by atoms with Crippen molar-refractivity contribution in [1.29, 1.82) is 5.26 Å². The van der Waals surface area contributed by atoms with Gasteiger partial charge in [-0.15, -0.1) is 0 Å². The number of rotatable bonds is 1. The van der Waals surface area contributed by atoms with Crippen LogP contribution >= 0.6 is 0 Å². The monoisotopic (exact) mass is 125 g/mol. The average molecular weight is 125 g/mol. The van der Waals surface area contributed by atoms with Crippen molar-refractivity contribution in [2.75, 3.05) is 6.67 Å². The second-order valence-electron chi connectivity index (χ2n) is 2.63. The van der Waals surface area contributed by atoms with E-state index in [-0.39, 0.29) is 0 Å². The van der Waals surface area contributed by atoms with Gasteiger partial charge >= 0.3 is 0 Å². The highest BCUT2D eigenvalue weighted by atomic mass is 19.1. The average Bonchev–Trinajstić information content (AvgIpc) is 1.81. The van der Waals surface area contributed by atoms with Crippen molar-refractivity contribution < 1.29 is 4.39 Å². The molecule has 0 N–H and O–H groups in total.